The molecule has 2 heterocycles. The molecular formula is C35H50N6O6. The van der Waals surface area contributed by atoms with Crippen molar-refractivity contribution in [2.24, 2.45) is 22.7 Å². The van der Waals surface area contributed by atoms with Gasteiger partial charge in [0.1, 0.15) is 23.3 Å². The van der Waals surface area contributed by atoms with Gasteiger partial charge in [-0.2, -0.15) is 0 Å². The average molecular weight is 651 g/mol. The van der Waals surface area contributed by atoms with Crippen LogP contribution in [0.3, 0.4) is 0 Å². The molecule has 0 bridgehead atoms. The van der Waals surface area contributed by atoms with Gasteiger partial charge in [-0.15, -0.1) is 6.58 Å². The lowest BCUT2D eigenvalue weighted by atomic mass is 9.77. The third-order valence-electron chi connectivity index (χ3n) is 10.2. The summed E-state index contributed by atoms with van der Waals surface area (Å²) in [4.78, 5) is 86.5. The lowest BCUT2D eigenvalue weighted by Gasteiger charge is -2.40. The summed E-state index contributed by atoms with van der Waals surface area (Å²) in [7, 11) is 0. The fraction of sp³-hybridized carbons (Fsp3) is 0.629. The van der Waals surface area contributed by atoms with Crippen molar-refractivity contribution in [3.05, 3.63) is 42.7 Å². The summed E-state index contributed by atoms with van der Waals surface area (Å²) in [5.74, 6) is -2.87. The van der Waals surface area contributed by atoms with Gasteiger partial charge >= 0.3 is 6.03 Å². The van der Waals surface area contributed by atoms with E-state index in [1.165, 1.54) is 11.0 Å². The number of piperidine rings is 1. The predicted molar refractivity (Wildman–Crippen MR) is 176 cm³/mol. The summed E-state index contributed by atoms with van der Waals surface area (Å²) in [6.07, 6.45) is 6.58. The van der Waals surface area contributed by atoms with Crippen molar-refractivity contribution in [1.29, 1.82) is 0 Å². The number of amides is 5. The molecule has 256 valence electrons. The number of carbonyl (C=O) groups excluding carboxylic acids is 6. The van der Waals surface area contributed by atoms with Gasteiger partial charge in [-0.05, 0) is 54.1 Å². The molecule has 0 spiro atoms. The van der Waals surface area contributed by atoms with Crippen molar-refractivity contribution in [2.75, 3.05) is 13.1 Å². The number of hydrogen-bond acceptors (Lipinski definition) is 7. The maximum Gasteiger partial charge on any atom is 0.316 e. The Morgan fingerprint density at radius 3 is 2.32 bits per heavy atom. The first-order valence-corrected chi connectivity index (χ1v) is 16.7. The van der Waals surface area contributed by atoms with Gasteiger partial charge in [0.25, 0.3) is 5.91 Å². The number of carbonyl (C=O) groups is 6. The lowest BCUT2D eigenvalue weighted by molar-refractivity contribution is -0.145. The Kier molecular flexibility index (Phi) is 10.6. The van der Waals surface area contributed by atoms with Gasteiger partial charge in [-0.25, -0.2) is 4.79 Å². The van der Waals surface area contributed by atoms with E-state index in [1.54, 1.807) is 31.3 Å². The fourth-order valence-corrected chi connectivity index (χ4v) is 7.34. The first kappa shape index (κ1) is 35.8. The van der Waals surface area contributed by atoms with E-state index in [0.717, 1.165) is 19.3 Å². The monoisotopic (exact) mass is 650 g/mol. The highest BCUT2D eigenvalue weighted by atomic mass is 16.2. The highest BCUT2D eigenvalue weighted by molar-refractivity contribution is 6.38. The molecular weight excluding hydrogens is 600 g/mol. The van der Waals surface area contributed by atoms with Crippen LogP contribution in [0.15, 0.2) is 37.1 Å². The summed E-state index contributed by atoms with van der Waals surface area (Å²) in [6.45, 7) is 15.2. The zero-order valence-electron chi connectivity index (χ0n) is 28.5. The van der Waals surface area contributed by atoms with Crippen LogP contribution in [-0.4, -0.2) is 82.0 Å². The van der Waals surface area contributed by atoms with E-state index in [4.69, 9.17) is 0 Å². The first-order valence-electron chi connectivity index (χ1n) is 16.7. The van der Waals surface area contributed by atoms with Crippen molar-refractivity contribution in [2.45, 2.75) is 104 Å². The van der Waals surface area contributed by atoms with Crippen LogP contribution in [0.4, 0.5) is 4.79 Å². The Balaban J connectivity index is 1.54. The van der Waals surface area contributed by atoms with Crippen LogP contribution >= 0.6 is 0 Å². The Bertz CT molecular complexity index is 1400. The molecule has 2 saturated carbocycles. The molecule has 3 fully saturated rings. The van der Waals surface area contributed by atoms with E-state index in [2.05, 4.69) is 32.8 Å². The second-order valence-corrected chi connectivity index (χ2v) is 14.8. The average Bonchev–Trinajstić information content (AvgIpc) is 3.35. The molecule has 3 aliphatic rings. The van der Waals surface area contributed by atoms with E-state index in [9.17, 15) is 28.8 Å². The lowest BCUT2D eigenvalue weighted by Crippen LogP contribution is -2.64. The summed E-state index contributed by atoms with van der Waals surface area (Å²) < 4.78 is 0. The number of urea groups is 1. The van der Waals surface area contributed by atoms with Crippen molar-refractivity contribution < 1.29 is 28.8 Å². The standard InChI is InChI=1S/C35H50N6O6/c1-8-18-37-30(45)26(42)22(9-2)38-29(44)25-24-21(34(24,6)7)20-41(25)31(46)27(33(3,4)5)39-32(47)40-35(16-12-10-13-17-35)28(43)23-15-11-14-19-36-23/h8,11,14-15,19,21-22,24-25,27H,1,9-10,12-13,16-18,20H2,2-7H3,(H,37,45)(H,38,44)(H2,39,40,47)/t21-,22?,24-,25-,27+/m0/s1. The highest BCUT2D eigenvalue weighted by Gasteiger charge is 2.70. The van der Waals surface area contributed by atoms with E-state index in [0.29, 0.717) is 19.4 Å². The van der Waals surface area contributed by atoms with Crippen LogP contribution in [0, 0.1) is 22.7 Å². The van der Waals surface area contributed by atoms with Gasteiger partial charge in [-0.3, -0.25) is 29.0 Å². The molecule has 5 atom stereocenters. The third-order valence-corrected chi connectivity index (χ3v) is 10.2. The number of aromatic nitrogens is 1. The quantitative estimate of drug-likeness (QED) is 0.153. The number of pyridine rings is 1. The highest BCUT2D eigenvalue weighted by Crippen LogP contribution is 2.65. The van der Waals surface area contributed by atoms with Gasteiger partial charge < -0.3 is 26.2 Å². The molecule has 4 rings (SSSR count). The zero-order chi connectivity index (χ0) is 34.7. The molecule has 12 nitrogen and oxygen atoms in total. The second kappa shape index (κ2) is 13.9. The molecule has 47 heavy (non-hydrogen) atoms. The number of nitrogens with zero attached hydrogens (tertiary/aromatic N) is 2. The Labute approximate surface area is 277 Å². The smallest absolute Gasteiger partial charge is 0.316 e. The normalized spacial score (nSPS) is 23.7. The van der Waals surface area contributed by atoms with Gasteiger partial charge in [0.05, 0.1) is 6.04 Å². The molecule has 4 N–H and O–H groups in total. The molecule has 5 amide bonds. The van der Waals surface area contributed by atoms with Crippen molar-refractivity contribution in [3.63, 3.8) is 0 Å². The van der Waals surface area contributed by atoms with Crippen molar-refractivity contribution in [1.82, 2.24) is 31.2 Å². The molecule has 1 unspecified atom stereocenters. The minimum Gasteiger partial charge on any atom is -0.346 e. The second-order valence-electron chi connectivity index (χ2n) is 14.8. The fourth-order valence-electron chi connectivity index (χ4n) is 7.34. The maximum atomic E-state index is 14.3. The molecule has 12 heteroatoms. The minimum atomic E-state index is -1.15. The first-order chi connectivity index (χ1) is 22.1. The van der Waals surface area contributed by atoms with Gasteiger partial charge in [-0.1, -0.05) is 72.9 Å². The van der Waals surface area contributed by atoms with Crippen LogP contribution in [0.2, 0.25) is 0 Å². The molecule has 2 aliphatic carbocycles. The predicted octanol–water partition coefficient (Wildman–Crippen LogP) is 2.93. The van der Waals surface area contributed by atoms with E-state index in [-0.39, 0.29) is 41.7 Å². The Morgan fingerprint density at radius 2 is 1.74 bits per heavy atom. The largest absolute Gasteiger partial charge is 0.346 e. The third kappa shape index (κ3) is 7.41. The number of fused-ring (bicyclic) bond motifs is 1. The maximum absolute atomic E-state index is 14.3. The van der Waals surface area contributed by atoms with E-state index in [1.807, 2.05) is 34.6 Å². The van der Waals surface area contributed by atoms with Crippen LogP contribution in [0.1, 0.15) is 90.6 Å². The van der Waals surface area contributed by atoms with Gasteiger partial charge in [0.2, 0.25) is 23.4 Å². The van der Waals surface area contributed by atoms with Crippen LogP contribution in [0.5, 0.6) is 0 Å². The van der Waals surface area contributed by atoms with Crippen LogP contribution < -0.4 is 21.3 Å². The Morgan fingerprint density at radius 1 is 1.06 bits per heavy atom. The molecule has 1 aromatic heterocycles. The summed E-state index contributed by atoms with van der Waals surface area (Å²) in [6, 6.07) is 1.48. The Hall–Kier alpha value is -4.09. The van der Waals surface area contributed by atoms with Gasteiger partial charge in [0.15, 0.2) is 0 Å². The van der Waals surface area contributed by atoms with Gasteiger partial charge in [0, 0.05) is 19.3 Å². The van der Waals surface area contributed by atoms with Crippen LogP contribution in [0.25, 0.3) is 0 Å². The summed E-state index contributed by atoms with van der Waals surface area (Å²) in [5.41, 5.74) is -1.84. The number of ketones is 2. The number of nitrogens with one attached hydrogen (secondary N) is 4. The summed E-state index contributed by atoms with van der Waals surface area (Å²) >= 11 is 0. The number of likely N-dealkylation sites (tertiary alicyclic amines) is 1. The molecule has 0 aromatic carbocycles. The van der Waals surface area contributed by atoms with Crippen molar-refractivity contribution in [3.8, 4) is 0 Å². The minimum absolute atomic E-state index is 0.0600. The van der Waals surface area contributed by atoms with Crippen molar-refractivity contribution >= 4 is 35.3 Å². The number of rotatable bonds is 12. The number of Topliss-reactive ketones (excluding diaryl/α,β-unsaturated/α-hetero) is 2. The molecule has 1 saturated heterocycles. The topological polar surface area (TPSA) is 167 Å². The van der Waals surface area contributed by atoms with E-state index < -0.39 is 58.6 Å². The SMILES string of the molecule is C=CCNC(=O)C(=O)C(CC)NC(=O)[C@@H]1[C@@H]2[C@H](CN1C(=O)[C@@H](NC(=O)NC1(C(=O)c3ccccn3)CCCCC1)C(C)(C)C)C2(C)C. The molecule has 1 aromatic rings. The van der Waals surface area contributed by atoms with E-state index >= 15 is 0 Å². The summed E-state index contributed by atoms with van der Waals surface area (Å²) in [5, 5.41) is 11.0. The zero-order valence-corrected chi connectivity index (χ0v) is 28.5. The van der Waals surface area contributed by atoms with Crippen LogP contribution in [-0.2, 0) is 19.2 Å². The number of hydrogen-bond donors (Lipinski definition) is 4. The molecule has 1 aliphatic heterocycles. The molecule has 0 radical (unpaired) electrons.